The van der Waals surface area contributed by atoms with Gasteiger partial charge in [-0.25, -0.2) is 9.59 Å². The zero-order chi connectivity index (χ0) is 21.0. The van der Waals surface area contributed by atoms with Gasteiger partial charge in [0, 0.05) is 12.2 Å². The molecule has 1 aromatic rings. The Bertz CT molecular complexity index is 689. The number of amides is 1. The Morgan fingerprint density at radius 3 is 2.26 bits per heavy atom. The zero-order valence-electron chi connectivity index (χ0n) is 17.7. The Hall–Kier alpha value is -2.08. The van der Waals surface area contributed by atoms with Crippen LogP contribution in [0.3, 0.4) is 0 Å². The number of aliphatic hydroxyl groups is 1. The normalized spacial score (nSPS) is 13.1. The first-order chi connectivity index (χ1) is 12.3. The Labute approximate surface area is 162 Å². The quantitative estimate of drug-likeness (QED) is 0.580. The van der Waals surface area contributed by atoms with Crippen molar-refractivity contribution in [3.63, 3.8) is 0 Å². The van der Waals surface area contributed by atoms with Gasteiger partial charge in [0.15, 0.2) is 0 Å². The maximum atomic E-state index is 12.5. The molecule has 0 heterocycles. The lowest BCUT2D eigenvalue weighted by Gasteiger charge is -2.29. The van der Waals surface area contributed by atoms with Crippen LogP contribution in [0, 0.1) is 13.8 Å². The van der Waals surface area contributed by atoms with Gasteiger partial charge in [0.2, 0.25) is 0 Å². The first-order valence-electron chi connectivity index (χ1n) is 9.20. The summed E-state index contributed by atoms with van der Waals surface area (Å²) in [5, 5.41) is 11.9. The summed E-state index contributed by atoms with van der Waals surface area (Å²) in [7, 11) is 0. The van der Waals surface area contributed by atoms with Crippen LogP contribution < -0.4 is 10.1 Å². The molecule has 1 atom stereocenters. The van der Waals surface area contributed by atoms with Crippen molar-refractivity contribution in [2.45, 2.75) is 78.9 Å². The molecule has 152 valence electrons. The summed E-state index contributed by atoms with van der Waals surface area (Å²) >= 11 is 0. The fraction of sp³-hybridized carbons (Fsp3) is 0.619. The highest BCUT2D eigenvalue weighted by Gasteiger charge is 2.29. The summed E-state index contributed by atoms with van der Waals surface area (Å²) in [6, 6.07) is 2.96. The van der Waals surface area contributed by atoms with Crippen LogP contribution >= 0.6 is 0 Å². The third-order valence-electron chi connectivity index (χ3n) is 4.15. The van der Waals surface area contributed by atoms with E-state index in [0.717, 1.165) is 16.7 Å². The predicted molar refractivity (Wildman–Crippen MR) is 105 cm³/mol. The van der Waals surface area contributed by atoms with Crippen molar-refractivity contribution in [3.05, 3.63) is 28.8 Å². The van der Waals surface area contributed by atoms with Gasteiger partial charge in [0.05, 0.1) is 0 Å². The van der Waals surface area contributed by atoms with E-state index in [-0.39, 0.29) is 12.0 Å². The molecule has 1 amide bonds. The van der Waals surface area contributed by atoms with Gasteiger partial charge in [-0.2, -0.15) is 0 Å². The number of hydrogen-bond acceptors (Lipinski definition) is 5. The number of carbonyl (C=O) groups excluding carboxylic acids is 2. The minimum Gasteiger partial charge on any atom is -0.444 e. The molecule has 0 bridgehead atoms. The number of hydrogen-bond donors (Lipinski definition) is 2. The summed E-state index contributed by atoms with van der Waals surface area (Å²) in [5.74, 6) is -0.124. The lowest BCUT2D eigenvalue weighted by Crippen LogP contribution is -2.43. The molecule has 0 aliphatic rings. The van der Waals surface area contributed by atoms with Crippen LogP contribution in [-0.4, -0.2) is 35.4 Å². The number of carbonyl (C=O) groups is 2. The van der Waals surface area contributed by atoms with Crippen LogP contribution in [0.15, 0.2) is 12.1 Å². The molecule has 6 heteroatoms. The van der Waals surface area contributed by atoms with Crippen molar-refractivity contribution >= 4 is 12.1 Å². The van der Waals surface area contributed by atoms with E-state index in [1.807, 2.05) is 33.8 Å². The van der Waals surface area contributed by atoms with E-state index in [4.69, 9.17) is 9.47 Å². The highest BCUT2D eigenvalue weighted by molar-refractivity contribution is 5.83. The van der Waals surface area contributed by atoms with Gasteiger partial charge in [-0.3, -0.25) is 0 Å². The SMILES string of the molecule is Cc1cc(C)c(C(C)(C)CCO)c(OC(=O)[C@H](C)NC(=O)OC(C)(C)C)c1. The average molecular weight is 379 g/mol. The van der Waals surface area contributed by atoms with Gasteiger partial charge < -0.3 is 19.9 Å². The lowest BCUT2D eigenvalue weighted by molar-refractivity contribution is -0.136. The first-order valence-corrected chi connectivity index (χ1v) is 9.20. The topological polar surface area (TPSA) is 84.9 Å². The van der Waals surface area contributed by atoms with Crippen molar-refractivity contribution in [3.8, 4) is 5.75 Å². The van der Waals surface area contributed by atoms with Crippen molar-refractivity contribution in [2.75, 3.05) is 6.61 Å². The molecule has 0 saturated carbocycles. The third kappa shape index (κ3) is 6.86. The molecule has 1 aromatic carbocycles. The summed E-state index contributed by atoms with van der Waals surface area (Å²) in [5.41, 5.74) is 1.81. The molecule has 0 saturated heterocycles. The van der Waals surface area contributed by atoms with Gasteiger partial charge in [0.25, 0.3) is 0 Å². The maximum Gasteiger partial charge on any atom is 0.408 e. The molecule has 0 fully saturated rings. The Balaban J connectivity index is 3.03. The average Bonchev–Trinajstić information content (AvgIpc) is 2.43. The minimum atomic E-state index is -0.866. The Morgan fingerprint density at radius 2 is 1.74 bits per heavy atom. The van der Waals surface area contributed by atoms with Crippen molar-refractivity contribution in [1.29, 1.82) is 0 Å². The fourth-order valence-corrected chi connectivity index (χ4v) is 3.02. The van der Waals surface area contributed by atoms with Crippen LogP contribution in [0.25, 0.3) is 0 Å². The van der Waals surface area contributed by atoms with Gasteiger partial charge in [0.1, 0.15) is 17.4 Å². The molecular formula is C21H33NO5. The van der Waals surface area contributed by atoms with E-state index in [1.165, 1.54) is 0 Å². The van der Waals surface area contributed by atoms with E-state index < -0.39 is 23.7 Å². The summed E-state index contributed by atoms with van der Waals surface area (Å²) in [6.45, 7) is 14.7. The number of esters is 1. The summed E-state index contributed by atoms with van der Waals surface area (Å²) in [4.78, 5) is 24.4. The largest absolute Gasteiger partial charge is 0.444 e. The Kier molecular flexibility index (Phi) is 7.43. The van der Waals surface area contributed by atoms with Gasteiger partial charge in [-0.15, -0.1) is 0 Å². The van der Waals surface area contributed by atoms with Crippen LogP contribution in [-0.2, 0) is 14.9 Å². The smallest absolute Gasteiger partial charge is 0.408 e. The number of benzene rings is 1. The first kappa shape index (κ1) is 23.0. The highest BCUT2D eigenvalue weighted by atomic mass is 16.6. The second-order valence-corrected chi connectivity index (χ2v) is 8.60. The summed E-state index contributed by atoms with van der Waals surface area (Å²) < 4.78 is 10.8. The van der Waals surface area contributed by atoms with Crippen molar-refractivity contribution < 1.29 is 24.2 Å². The molecule has 0 unspecified atom stereocenters. The molecule has 2 N–H and O–H groups in total. The molecule has 6 nitrogen and oxygen atoms in total. The predicted octanol–water partition coefficient (Wildman–Crippen LogP) is 3.78. The zero-order valence-corrected chi connectivity index (χ0v) is 17.7. The van der Waals surface area contributed by atoms with Crippen molar-refractivity contribution in [1.82, 2.24) is 5.32 Å². The molecule has 0 spiro atoms. The number of alkyl carbamates (subject to hydrolysis) is 1. The maximum absolute atomic E-state index is 12.5. The van der Waals surface area contributed by atoms with Gasteiger partial charge >= 0.3 is 12.1 Å². The molecular weight excluding hydrogens is 346 g/mol. The highest BCUT2D eigenvalue weighted by Crippen LogP contribution is 2.37. The second-order valence-electron chi connectivity index (χ2n) is 8.60. The number of aryl methyl sites for hydroxylation is 2. The molecule has 0 aliphatic heterocycles. The van der Waals surface area contributed by atoms with Gasteiger partial charge in [-0.1, -0.05) is 19.9 Å². The minimum absolute atomic E-state index is 0.0320. The molecule has 1 rings (SSSR count). The molecule has 0 aliphatic carbocycles. The van der Waals surface area contributed by atoms with E-state index in [1.54, 1.807) is 33.8 Å². The molecule has 0 aromatic heterocycles. The van der Waals surface area contributed by atoms with E-state index in [2.05, 4.69) is 5.32 Å². The van der Waals surface area contributed by atoms with Crippen LogP contribution in [0.2, 0.25) is 0 Å². The van der Waals surface area contributed by atoms with E-state index in [9.17, 15) is 14.7 Å². The van der Waals surface area contributed by atoms with Crippen LogP contribution in [0.1, 0.15) is 64.7 Å². The second kappa shape index (κ2) is 8.74. The van der Waals surface area contributed by atoms with Gasteiger partial charge in [-0.05, 0) is 70.6 Å². The number of nitrogens with one attached hydrogen (secondary N) is 1. The van der Waals surface area contributed by atoms with E-state index in [0.29, 0.717) is 12.2 Å². The molecule has 0 radical (unpaired) electrons. The fourth-order valence-electron chi connectivity index (χ4n) is 3.02. The van der Waals surface area contributed by atoms with Crippen LogP contribution in [0.4, 0.5) is 4.79 Å². The van der Waals surface area contributed by atoms with E-state index >= 15 is 0 Å². The standard InChI is InChI=1S/C21H33NO5/c1-13-11-14(2)17(21(7,8)9-10-23)16(12-13)26-18(24)15(3)22-19(25)27-20(4,5)6/h11-12,15,23H,9-10H2,1-8H3,(H,22,25)/t15-/m0/s1. The number of rotatable bonds is 6. The van der Waals surface area contributed by atoms with Crippen molar-refractivity contribution in [2.24, 2.45) is 0 Å². The third-order valence-corrected chi connectivity index (χ3v) is 4.15. The Morgan fingerprint density at radius 1 is 1.15 bits per heavy atom. The van der Waals surface area contributed by atoms with Crippen LogP contribution in [0.5, 0.6) is 5.75 Å². The number of aliphatic hydroxyl groups excluding tert-OH is 1. The summed E-state index contributed by atoms with van der Waals surface area (Å²) in [6.07, 6.45) is -0.138. The number of ether oxygens (including phenoxy) is 2. The lowest BCUT2D eigenvalue weighted by atomic mass is 9.78. The molecule has 27 heavy (non-hydrogen) atoms. The monoisotopic (exact) mass is 379 g/mol.